The van der Waals surface area contributed by atoms with E-state index >= 15 is 0 Å². The summed E-state index contributed by atoms with van der Waals surface area (Å²) in [5.41, 5.74) is 3.70. The lowest BCUT2D eigenvalue weighted by Crippen LogP contribution is -2.35. The molecule has 4 rings (SSSR count). The molecule has 1 aliphatic rings. The molecule has 3 aromatic rings. The van der Waals surface area contributed by atoms with Gasteiger partial charge in [-0.1, -0.05) is 71.4 Å². The smallest absolute Gasteiger partial charge is 0.145 e. The van der Waals surface area contributed by atoms with Crippen molar-refractivity contribution in [1.82, 2.24) is 4.90 Å². The van der Waals surface area contributed by atoms with Crippen LogP contribution in [0, 0.1) is 5.82 Å². The Morgan fingerprint density at radius 2 is 1.74 bits per heavy atom. The number of oxime groups is 1. The maximum atomic E-state index is 13.3. The molecule has 0 saturated heterocycles. The molecule has 0 amide bonds. The van der Waals surface area contributed by atoms with Crippen LogP contribution in [0.15, 0.2) is 84.0 Å². The summed E-state index contributed by atoms with van der Waals surface area (Å²) in [5.74, 6) is -0.264. The van der Waals surface area contributed by atoms with E-state index < -0.39 is 6.10 Å². The van der Waals surface area contributed by atoms with Crippen molar-refractivity contribution in [1.29, 1.82) is 0 Å². The summed E-state index contributed by atoms with van der Waals surface area (Å²) in [6.45, 7) is 1.58. The lowest BCUT2D eigenvalue weighted by atomic mass is 10.0. The SMILES string of the molecule is OC(CN(Cc1ccc(F)cc1)CC1CC(c2ccc(Cl)cc2)=NO1)c1ccccc1. The maximum Gasteiger partial charge on any atom is 0.145 e. The lowest BCUT2D eigenvalue weighted by molar-refractivity contribution is 0.0318. The molecule has 0 saturated carbocycles. The third-order valence-electron chi connectivity index (χ3n) is 5.31. The molecule has 2 unspecified atom stereocenters. The molecule has 31 heavy (non-hydrogen) atoms. The second-order valence-corrected chi connectivity index (χ2v) is 8.16. The second-order valence-electron chi connectivity index (χ2n) is 7.72. The first kappa shape index (κ1) is 21.5. The predicted octanol–water partition coefficient (Wildman–Crippen LogP) is 5.21. The molecule has 1 N–H and O–H groups in total. The predicted molar refractivity (Wildman–Crippen MR) is 121 cm³/mol. The van der Waals surface area contributed by atoms with Gasteiger partial charge in [0.05, 0.1) is 11.8 Å². The van der Waals surface area contributed by atoms with Gasteiger partial charge in [0.25, 0.3) is 0 Å². The number of aliphatic hydroxyl groups is 1. The van der Waals surface area contributed by atoms with Gasteiger partial charge in [-0.25, -0.2) is 4.39 Å². The third-order valence-corrected chi connectivity index (χ3v) is 5.56. The van der Waals surface area contributed by atoms with Crippen LogP contribution in [0.5, 0.6) is 0 Å². The van der Waals surface area contributed by atoms with Crippen LogP contribution in [0.25, 0.3) is 0 Å². The Morgan fingerprint density at radius 3 is 2.45 bits per heavy atom. The molecule has 0 bridgehead atoms. The van der Waals surface area contributed by atoms with Crippen LogP contribution in [0.2, 0.25) is 5.02 Å². The first-order chi connectivity index (χ1) is 15.1. The highest BCUT2D eigenvalue weighted by atomic mass is 35.5. The number of halogens is 2. The Labute approximate surface area is 186 Å². The van der Waals surface area contributed by atoms with E-state index in [0.717, 1.165) is 22.4 Å². The van der Waals surface area contributed by atoms with Gasteiger partial charge in [-0.15, -0.1) is 0 Å². The third kappa shape index (κ3) is 5.91. The van der Waals surface area contributed by atoms with Gasteiger partial charge in [0.2, 0.25) is 0 Å². The van der Waals surface area contributed by atoms with E-state index in [2.05, 4.69) is 10.1 Å². The van der Waals surface area contributed by atoms with E-state index in [-0.39, 0.29) is 11.9 Å². The minimum absolute atomic E-state index is 0.130. The number of aliphatic hydroxyl groups excluding tert-OH is 1. The molecule has 3 aromatic carbocycles. The Hall–Kier alpha value is -2.73. The standard InChI is InChI=1S/C25H24ClFN2O2/c26-21-10-8-19(9-11-21)24-14-23(31-28-24)16-29(15-18-6-12-22(27)13-7-18)17-25(30)20-4-2-1-3-5-20/h1-13,23,25,30H,14-17H2. The summed E-state index contributed by atoms with van der Waals surface area (Å²) in [7, 11) is 0. The van der Waals surface area contributed by atoms with Crippen molar-refractivity contribution in [2.75, 3.05) is 13.1 Å². The quantitative estimate of drug-likeness (QED) is 0.525. The van der Waals surface area contributed by atoms with Crippen molar-refractivity contribution in [3.05, 3.63) is 106 Å². The van der Waals surface area contributed by atoms with Crippen LogP contribution in [-0.2, 0) is 11.4 Å². The van der Waals surface area contributed by atoms with Gasteiger partial charge in [-0.05, 0) is 41.0 Å². The number of rotatable bonds is 8. The van der Waals surface area contributed by atoms with Crippen LogP contribution in [0.1, 0.15) is 29.2 Å². The van der Waals surface area contributed by atoms with Crippen LogP contribution < -0.4 is 0 Å². The maximum absolute atomic E-state index is 13.3. The molecule has 6 heteroatoms. The van der Waals surface area contributed by atoms with Crippen LogP contribution >= 0.6 is 11.6 Å². The van der Waals surface area contributed by atoms with Crippen molar-refractivity contribution < 1.29 is 14.3 Å². The summed E-state index contributed by atoms with van der Waals surface area (Å²) >= 11 is 5.98. The van der Waals surface area contributed by atoms with Crippen molar-refractivity contribution >= 4 is 17.3 Å². The Morgan fingerprint density at radius 1 is 1.03 bits per heavy atom. The molecule has 0 aliphatic carbocycles. The van der Waals surface area contributed by atoms with Crippen molar-refractivity contribution in [2.24, 2.45) is 5.16 Å². The largest absolute Gasteiger partial charge is 0.390 e. The molecule has 0 radical (unpaired) electrons. The fourth-order valence-corrected chi connectivity index (χ4v) is 3.83. The Kier molecular flexibility index (Phi) is 6.97. The fraction of sp³-hybridized carbons (Fsp3) is 0.240. The van der Waals surface area contributed by atoms with Crippen LogP contribution in [0.4, 0.5) is 4.39 Å². The monoisotopic (exact) mass is 438 g/mol. The van der Waals surface area contributed by atoms with Gasteiger partial charge in [0.15, 0.2) is 0 Å². The van der Waals surface area contributed by atoms with Crippen molar-refractivity contribution in [3.63, 3.8) is 0 Å². The van der Waals surface area contributed by atoms with Crippen molar-refractivity contribution in [3.8, 4) is 0 Å². The lowest BCUT2D eigenvalue weighted by Gasteiger charge is -2.27. The van der Waals surface area contributed by atoms with Gasteiger partial charge in [0.1, 0.15) is 11.9 Å². The van der Waals surface area contributed by atoms with Gasteiger partial charge < -0.3 is 9.94 Å². The highest BCUT2D eigenvalue weighted by molar-refractivity contribution is 6.30. The Balaban J connectivity index is 1.43. The molecular formula is C25H24ClFN2O2. The first-order valence-corrected chi connectivity index (χ1v) is 10.6. The average Bonchev–Trinajstić information content (AvgIpc) is 3.25. The zero-order valence-corrected chi connectivity index (χ0v) is 17.8. The fourth-order valence-electron chi connectivity index (χ4n) is 3.70. The van der Waals surface area contributed by atoms with E-state index in [1.54, 1.807) is 12.1 Å². The van der Waals surface area contributed by atoms with E-state index in [4.69, 9.17) is 16.4 Å². The molecule has 0 aromatic heterocycles. The molecule has 0 fully saturated rings. The molecule has 2 atom stereocenters. The van der Waals surface area contributed by atoms with Gasteiger partial charge in [0, 0.05) is 31.1 Å². The molecule has 4 nitrogen and oxygen atoms in total. The second kappa shape index (κ2) is 10.1. The zero-order chi connectivity index (χ0) is 21.6. The number of hydrogen-bond donors (Lipinski definition) is 1. The van der Waals surface area contributed by atoms with Gasteiger partial charge in [-0.3, -0.25) is 4.90 Å². The number of nitrogens with zero attached hydrogens (tertiary/aromatic N) is 2. The minimum Gasteiger partial charge on any atom is -0.390 e. The van der Waals surface area contributed by atoms with Crippen molar-refractivity contribution in [2.45, 2.75) is 25.2 Å². The summed E-state index contributed by atoms with van der Waals surface area (Å²) in [5, 5.41) is 15.7. The molecule has 160 valence electrons. The van der Waals surface area contributed by atoms with E-state index in [1.807, 2.05) is 54.6 Å². The summed E-state index contributed by atoms with van der Waals surface area (Å²) in [6.07, 6.45) is -0.1000. The number of hydrogen-bond acceptors (Lipinski definition) is 4. The van der Waals surface area contributed by atoms with Gasteiger partial charge >= 0.3 is 0 Å². The molecule has 1 heterocycles. The normalized spacial score (nSPS) is 16.8. The average molecular weight is 439 g/mol. The highest BCUT2D eigenvalue weighted by Gasteiger charge is 2.26. The van der Waals surface area contributed by atoms with Crippen LogP contribution in [0.3, 0.4) is 0 Å². The molecular weight excluding hydrogens is 415 g/mol. The molecule has 0 spiro atoms. The summed E-state index contributed by atoms with van der Waals surface area (Å²) in [6, 6.07) is 23.6. The van der Waals surface area contributed by atoms with E-state index in [1.165, 1.54) is 12.1 Å². The van der Waals surface area contributed by atoms with Crippen LogP contribution in [-0.4, -0.2) is 34.9 Å². The summed E-state index contributed by atoms with van der Waals surface area (Å²) in [4.78, 5) is 7.82. The van der Waals surface area contributed by atoms with E-state index in [9.17, 15) is 9.50 Å². The van der Waals surface area contributed by atoms with E-state index in [0.29, 0.717) is 31.1 Å². The highest BCUT2D eigenvalue weighted by Crippen LogP contribution is 2.22. The van der Waals surface area contributed by atoms with Gasteiger partial charge in [-0.2, -0.15) is 0 Å². The Bertz CT molecular complexity index is 1010. The summed E-state index contributed by atoms with van der Waals surface area (Å²) < 4.78 is 13.3. The topological polar surface area (TPSA) is 45.1 Å². The zero-order valence-electron chi connectivity index (χ0n) is 17.0. The first-order valence-electron chi connectivity index (χ1n) is 10.3. The minimum atomic E-state index is -0.639. The number of benzene rings is 3. The molecule has 1 aliphatic heterocycles.